The van der Waals surface area contributed by atoms with Gasteiger partial charge in [-0.25, -0.2) is 9.97 Å². The summed E-state index contributed by atoms with van der Waals surface area (Å²) in [4.78, 5) is 8.02. The molecule has 0 aliphatic rings. The molecule has 0 bridgehead atoms. The number of aromatic nitrogens is 5. The molecule has 0 fully saturated rings. The van der Waals surface area contributed by atoms with E-state index in [1.165, 1.54) is 6.33 Å². The average Bonchev–Trinajstić information content (AvgIpc) is 2.73. The molecule has 0 saturated carbocycles. The van der Waals surface area contributed by atoms with Crippen molar-refractivity contribution in [3.8, 4) is 11.5 Å². The highest BCUT2D eigenvalue weighted by Crippen LogP contribution is 2.12. The van der Waals surface area contributed by atoms with Gasteiger partial charge in [-0.2, -0.15) is 5.10 Å². The van der Waals surface area contributed by atoms with E-state index in [1.807, 2.05) is 11.5 Å². The minimum absolute atomic E-state index is 0.568. The Morgan fingerprint density at radius 1 is 1.53 bits per heavy atom. The standard InChI is InChI=1S/C10H13N5OS/c1-2-16-6-5-15-9(13-14-10(15)17)8-3-4-11-7-12-8/h3-4,7H,2,5-6H2,1H3,(H,14,17). The second-order valence-corrected chi connectivity index (χ2v) is 3.68. The van der Waals surface area contributed by atoms with Crippen LogP contribution in [0, 0.1) is 4.77 Å². The van der Waals surface area contributed by atoms with E-state index < -0.39 is 0 Å². The first-order valence-corrected chi connectivity index (χ1v) is 5.73. The Hall–Kier alpha value is -1.60. The molecular formula is C10H13N5OS. The predicted molar refractivity (Wildman–Crippen MR) is 64.9 cm³/mol. The minimum Gasteiger partial charge on any atom is -0.380 e. The van der Waals surface area contributed by atoms with E-state index in [0.717, 1.165) is 5.69 Å². The van der Waals surface area contributed by atoms with Crippen molar-refractivity contribution < 1.29 is 4.74 Å². The fourth-order valence-electron chi connectivity index (χ4n) is 1.44. The minimum atomic E-state index is 0.568. The monoisotopic (exact) mass is 251 g/mol. The van der Waals surface area contributed by atoms with Crippen LogP contribution in [0.1, 0.15) is 6.92 Å². The topological polar surface area (TPSA) is 68.6 Å². The van der Waals surface area contributed by atoms with E-state index in [9.17, 15) is 0 Å². The lowest BCUT2D eigenvalue weighted by atomic mass is 10.4. The highest BCUT2D eigenvalue weighted by atomic mass is 32.1. The molecule has 0 aliphatic heterocycles. The van der Waals surface area contributed by atoms with Gasteiger partial charge in [-0.05, 0) is 25.2 Å². The first-order chi connectivity index (χ1) is 8.33. The van der Waals surface area contributed by atoms with Gasteiger partial charge >= 0.3 is 0 Å². The third-order valence-electron chi connectivity index (χ3n) is 2.23. The summed E-state index contributed by atoms with van der Waals surface area (Å²) < 4.78 is 7.75. The van der Waals surface area contributed by atoms with Crippen LogP contribution in [0.3, 0.4) is 0 Å². The second-order valence-electron chi connectivity index (χ2n) is 3.30. The third kappa shape index (κ3) is 2.75. The summed E-state index contributed by atoms with van der Waals surface area (Å²) in [7, 11) is 0. The van der Waals surface area contributed by atoms with Crippen LogP contribution in [-0.4, -0.2) is 37.9 Å². The van der Waals surface area contributed by atoms with Crippen molar-refractivity contribution in [3.05, 3.63) is 23.4 Å². The molecule has 2 heterocycles. The molecule has 2 rings (SSSR count). The highest BCUT2D eigenvalue weighted by Gasteiger charge is 2.09. The number of aromatic amines is 1. The third-order valence-corrected chi connectivity index (χ3v) is 2.54. The Morgan fingerprint density at radius 3 is 3.12 bits per heavy atom. The molecule has 0 unspecified atom stereocenters. The van der Waals surface area contributed by atoms with E-state index in [1.54, 1.807) is 12.3 Å². The quantitative estimate of drug-likeness (QED) is 0.643. The van der Waals surface area contributed by atoms with Crippen molar-refractivity contribution in [2.75, 3.05) is 13.2 Å². The number of ether oxygens (including phenoxy) is 1. The van der Waals surface area contributed by atoms with Crippen LogP contribution in [0.25, 0.3) is 11.5 Å². The van der Waals surface area contributed by atoms with E-state index in [0.29, 0.717) is 30.4 Å². The van der Waals surface area contributed by atoms with Gasteiger partial charge in [0.05, 0.1) is 13.2 Å². The van der Waals surface area contributed by atoms with Crippen LogP contribution in [-0.2, 0) is 11.3 Å². The molecule has 0 atom stereocenters. The molecule has 7 heteroatoms. The molecule has 1 N–H and O–H groups in total. The van der Waals surface area contributed by atoms with Gasteiger partial charge in [0.1, 0.15) is 12.0 Å². The number of hydrogen-bond donors (Lipinski definition) is 1. The maximum atomic E-state index is 5.31. The van der Waals surface area contributed by atoms with Gasteiger partial charge in [0.15, 0.2) is 10.6 Å². The summed E-state index contributed by atoms with van der Waals surface area (Å²) in [5, 5.41) is 6.93. The van der Waals surface area contributed by atoms with Crippen LogP contribution >= 0.6 is 12.2 Å². The Bertz CT molecular complexity index is 521. The molecule has 2 aromatic heterocycles. The summed E-state index contributed by atoms with van der Waals surface area (Å²) in [6, 6.07) is 1.79. The van der Waals surface area contributed by atoms with Gasteiger partial charge in [-0.15, -0.1) is 0 Å². The van der Waals surface area contributed by atoms with Crippen LogP contribution in [0.2, 0.25) is 0 Å². The van der Waals surface area contributed by atoms with Crippen LogP contribution < -0.4 is 0 Å². The molecule has 0 aromatic carbocycles. The fourth-order valence-corrected chi connectivity index (χ4v) is 1.67. The summed E-state index contributed by atoms with van der Waals surface area (Å²) in [5.74, 6) is 0.706. The summed E-state index contributed by atoms with van der Waals surface area (Å²) in [5.41, 5.74) is 0.740. The molecule has 17 heavy (non-hydrogen) atoms. The Morgan fingerprint density at radius 2 is 2.41 bits per heavy atom. The van der Waals surface area contributed by atoms with E-state index in [4.69, 9.17) is 17.0 Å². The molecule has 6 nitrogen and oxygen atoms in total. The Balaban J connectivity index is 2.26. The molecular weight excluding hydrogens is 238 g/mol. The van der Waals surface area contributed by atoms with Gasteiger partial charge in [0.25, 0.3) is 0 Å². The van der Waals surface area contributed by atoms with Crippen LogP contribution in [0.5, 0.6) is 0 Å². The molecule has 90 valence electrons. The number of H-pyrrole nitrogens is 1. The lowest BCUT2D eigenvalue weighted by Crippen LogP contribution is -2.08. The summed E-state index contributed by atoms with van der Waals surface area (Å²) in [6.45, 7) is 3.90. The largest absolute Gasteiger partial charge is 0.380 e. The average molecular weight is 251 g/mol. The van der Waals surface area contributed by atoms with Crippen LogP contribution in [0.15, 0.2) is 18.6 Å². The van der Waals surface area contributed by atoms with Crippen molar-refractivity contribution in [2.45, 2.75) is 13.5 Å². The molecule has 0 aliphatic carbocycles. The van der Waals surface area contributed by atoms with E-state index in [2.05, 4.69) is 20.2 Å². The van der Waals surface area contributed by atoms with Crippen molar-refractivity contribution >= 4 is 12.2 Å². The predicted octanol–water partition coefficient (Wildman–Crippen LogP) is 1.43. The van der Waals surface area contributed by atoms with Gasteiger partial charge in [-0.3, -0.25) is 9.67 Å². The van der Waals surface area contributed by atoms with E-state index in [-0.39, 0.29) is 0 Å². The molecule has 2 aromatic rings. The zero-order chi connectivity index (χ0) is 12.1. The smallest absolute Gasteiger partial charge is 0.195 e. The molecule has 0 radical (unpaired) electrons. The highest BCUT2D eigenvalue weighted by molar-refractivity contribution is 7.71. The Labute approximate surface area is 104 Å². The fraction of sp³-hybridized carbons (Fsp3) is 0.400. The summed E-state index contributed by atoms with van der Waals surface area (Å²) in [6.07, 6.45) is 3.16. The zero-order valence-electron chi connectivity index (χ0n) is 9.46. The molecule has 0 spiro atoms. The number of nitrogens with one attached hydrogen (secondary N) is 1. The normalized spacial score (nSPS) is 10.6. The van der Waals surface area contributed by atoms with Crippen molar-refractivity contribution in [1.82, 2.24) is 24.7 Å². The maximum Gasteiger partial charge on any atom is 0.195 e. The van der Waals surface area contributed by atoms with Crippen molar-refractivity contribution in [1.29, 1.82) is 0 Å². The molecule has 0 amide bonds. The summed E-state index contributed by atoms with van der Waals surface area (Å²) >= 11 is 5.17. The van der Waals surface area contributed by atoms with Crippen LogP contribution in [0.4, 0.5) is 0 Å². The number of hydrogen-bond acceptors (Lipinski definition) is 5. The number of rotatable bonds is 5. The van der Waals surface area contributed by atoms with Gasteiger partial charge in [0.2, 0.25) is 0 Å². The van der Waals surface area contributed by atoms with Gasteiger partial charge in [-0.1, -0.05) is 0 Å². The lowest BCUT2D eigenvalue weighted by Gasteiger charge is -2.05. The maximum absolute atomic E-state index is 5.31. The number of nitrogens with zero attached hydrogens (tertiary/aromatic N) is 4. The Kier molecular flexibility index (Phi) is 3.94. The SMILES string of the molecule is CCOCCn1c(-c2ccncn2)n[nH]c1=S. The van der Waals surface area contributed by atoms with E-state index >= 15 is 0 Å². The first kappa shape index (κ1) is 11.9. The van der Waals surface area contributed by atoms with Gasteiger partial charge in [0, 0.05) is 12.8 Å². The first-order valence-electron chi connectivity index (χ1n) is 5.32. The van der Waals surface area contributed by atoms with Crippen molar-refractivity contribution in [2.24, 2.45) is 0 Å². The zero-order valence-corrected chi connectivity index (χ0v) is 10.3. The molecule has 0 saturated heterocycles. The lowest BCUT2D eigenvalue weighted by molar-refractivity contribution is 0.139. The second kappa shape index (κ2) is 5.65. The van der Waals surface area contributed by atoms with Crippen molar-refractivity contribution in [3.63, 3.8) is 0 Å². The van der Waals surface area contributed by atoms with Gasteiger partial charge < -0.3 is 4.74 Å².